The Morgan fingerprint density at radius 1 is 1.44 bits per heavy atom. The third kappa shape index (κ3) is 2.06. The Labute approximate surface area is 108 Å². The normalized spacial score (nSPS) is 32.7. The second kappa shape index (κ2) is 4.32. The van der Waals surface area contributed by atoms with Gasteiger partial charge in [-0.25, -0.2) is 0 Å². The van der Waals surface area contributed by atoms with Gasteiger partial charge < -0.3 is 10.2 Å². The first-order valence-corrected chi connectivity index (χ1v) is 6.56. The predicted molar refractivity (Wildman–Crippen MR) is 70.0 cm³/mol. The van der Waals surface area contributed by atoms with Crippen molar-refractivity contribution >= 4 is 5.78 Å². The van der Waals surface area contributed by atoms with Crippen molar-refractivity contribution in [3.63, 3.8) is 0 Å². The summed E-state index contributed by atoms with van der Waals surface area (Å²) in [5, 5.41) is 19.7. The summed E-state index contributed by atoms with van der Waals surface area (Å²) in [6.07, 6.45) is 5.90. The molecule has 2 aliphatic rings. The van der Waals surface area contributed by atoms with Crippen LogP contribution in [0.25, 0.3) is 0 Å². The molecule has 0 aromatic heterocycles. The molecule has 0 heterocycles. The Bertz CT molecular complexity index is 426. The van der Waals surface area contributed by atoms with Gasteiger partial charge in [-0.3, -0.25) is 4.79 Å². The smallest absolute Gasteiger partial charge is 0.178 e. The van der Waals surface area contributed by atoms with E-state index in [-0.39, 0.29) is 23.7 Å². The van der Waals surface area contributed by atoms with E-state index in [0.29, 0.717) is 0 Å². The van der Waals surface area contributed by atoms with Gasteiger partial charge in [0.15, 0.2) is 5.78 Å². The van der Waals surface area contributed by atoms with Crippen LogP contribution in [0.2, 0.25) is 0 Å². The Balaban J connectivity index is 2.34. The molecule has 0 amide bonds. The van der Waals surface area contributed by atoms with Crippen molar-refractivity contribution in [3.05, 3.63) is 23.3 Å². The van der Waals surface area contributed by atoms with Gasteiger partial charge in [-0.05, 0) is 63.7 Å². The molecule has 2 atom stereocenters. The third-order valence-corrected chi connectivity index (χ3v) is 4.73. The molecular weight excluding hydrogens is 228 g/mol. The van der Waals surface area contributed by atoms with E-state index in [9.17, 15) is 15.0 Å². The maximum atomic E-state index is 11.5. The van der Waals surface area contributed by atoms with Crippen molar-refractivity contribution in [1.29, 1.82) is 0 Å². The molecule has 0 bridgehead atoms. The van der Waals surface area contributed by atoms with Crippen LogP contribution in [0.1, 0.15) is 40.0 Å². The summed E-state index contributed by atoms with van der Waals surface area (Å²) >= 11 is 0. The summed E-state index contributed by atoms with van der Waals surface area (Å²) in [6, 6.07) is 0. The van der Waals surface area contributed by atoms with Crippen LogP contribution < -0.4 is 0 Å². The molecule has 3 nitrogen and oxygen atoms in total. The fourth-order valence-corrected chi connectivity index (χ4v) is 3.45. The summed E-state index contributed by atoms with van der Waals surface area (Å²) in [7, 11) is 0. The van der Waals surface area contributed by atoms with E-state index in [0.717, 1.165) is 30.4 Å². The van der Waals surface area contributed by atoms with E-state index in [1.807, 2.05) is 20.8 Å². The number of hydrogen-bond donors (Lipinski definition) is 2. The lowest BCUT2D eigenvalue weighted by Gasteiger charge is -2.36. The van der Waals surface area contributed by atoms with Gasteiger partial charge >= 0.3 is 0 Å². The topological polar surface area (TPSA) is 57.5 Å². The maximum Gasteiger partial charge on any atom is 0.178 e. The molecule has 18 heavy (non-hydrogen) atoms. The quantitative estimate of drug-likeness (QED) is 0.788. The fourth-order valence-electron chi connectivity index (χ4n) is 3.45. The zero-order valence-electron chi connectivity index (χ0n) is 11.4. The number of aliphatic hydroxyl groups is 2. The van der Waals surface area contributed by atoms with Gasteiger partial charge in [-0.15, -0.1) is 0 Å². The monoisotopic (exact) mass is 250 g/mol. The van der Waals surface area contributed by atoms with Gasteiger partial charge in [0, 0.05) is 5.41 Å². The van der Waals surface area contributed by atoms with E-state index >= 15 is 0 Å². The predicted octanol–water partition coefficient (Wildman–Crippen LogP) is 1.99. The minimum absolute atomic E-state index is 0.0334. The first-order chi connectivity index (χ1) is 8.29. The number of hydrogen-bond acceptors (Lipinski definition) is 3. The van der Waals surface area contributed by atoms with Gasteiger partial charge in [0.1, 0.15) is 0 Å². The molecule has 1 saturated carbocycles. The molecule has 2 rings (SSSR count). The Morgan fingerprint density at radius 3 is 2.61 bits per heavy atom. The van der Waals surface area contributed by atoms with Gasteiger partial charge in [0.25, 0.3) is 0 Å². The van der Waals surface area contributed by atoms with Crippen molar-refractivity contribution in [1.82, 2.24) is 0 Å². The molecule has 3 heteroatoms. The summed E-state index contributed by atoms with van der Waals surface area (Å²) in [6.45, 7) is 5.57. The third-order valence-electron chi connectivity index (χ3n) is 4.73. The molecule has 0 unspecified atom stereocenters. The van der Waals surface area contributed by atoms with Crippen LogP contribution in [-0.4, -0.2) is 28.2 Å². The van der Waals surface area contributed by atoms with Gasteiger partial charge in [0.2, 0.25) is 0 Å². The van der Waals surface area contributed by atoms with Crippen LogP contribution in [0.3, 0.4) is 0 Å². The average molecular weight is 250 g/mol. The Kier molecular flexibility index (Phi) is 3.24. The van der Waals surface area contributed by atoms with E-state index in [2.05, 4.69) is 0 Å². The lowest BCUT2D eigenvalue weighted by molar-refractivity contribution is -0.110. The van der Waals surface area contributed by atoms with Gasteiger partial charge in [0.05, 0.1) is 12.2 Å². The zero-order valence-corrected chi connectivity index (χ0v) is 11.4. The summed E-state index contributed by atoms with van der Waals surface area (Å²) in [4.78, 5) is 11.5. The highest BCUT2D eigenvalue weighted by Gasteiger charge is 2.48. The van der Waals surface area contributed by atoms with Crippen LogP contribution in [0.4, 0.5) is 0 Å². The van der Waals surface area contributed by atoms with Gasteiger partial charge in [-0.2, -0.15) is 0 Å². The molecule has 2 N–H and O–H groups in total. The first-order valence-electron chi connectivity index (χ1n) is 6.56. The maximum absolute atomic E-state index is 11.5. The number of allylic oxidation sites excluding steroid dienone is 3. The lowest BCUT2D eigenvalue weighted by Crippen LogP contribution is -2.33. The SMILES string of the molecule is CC1=CC(=O)C=C(CO)[C@@]12CC[C@@H](C(C)(C)O)C2. The number of carbonyl (C=O) groups is 1. The van der Waals surface area contributed by atoms with Crippen molar-refractivity contribution in [3.8, 4) is 0 Å². The van der Waals surface area contributed by atoms with Crippen LogP contribution in [0.15, 0.2) is 23.3 Å². The summed E-state index contributed by atoms with van der Waals surface area (Å²) in [5.41, 5.74) is 0.948. The molecule has 1 fully saturated rings. The number of aliphatic hydroxyl groups excluding tert-OH is 1. The van der Waals surface area contributed by atoms with Crippen molar-refractivity contribution < 1.29 is 15.0 Å². The van der Waals surface area contributed by atoms with Crippen LogP contribution in [0, 0.1) is 11.3 Å². The highest BCUT2D eigenvalue weighted by Crippen LogP contribution is 2.55. The number of ketones is 1. The van der Waals surface area contributed by atoms with Crippen molar-refractivity contribution in [2.75, 3.05) is 6.61 Å². The minimum Gasteiger partial charge on any atom is -0.392 e. The van der Waals surface area contributed by atoms with E-state index in [1.165, 1.54) is 0 Å². The second-order valence-corrected chi connectivity index (χ2v) is 6.23. The fraction of sp³-hybridized carbons (Fsp3) is 0.667. The Morgan fingerprint density at radius 2 is 2.11 bits per heavy atom. The highest BCUT2D eigenvalue weighted by molar-refractivity contribution is 6.02. The van der Waals surface area contributed by atoms with Crippen molar-refractivity contribution in [2.24, 2.45) is 11.3 Å². The molecule has 0 saturated heterocycles. The molecule has 1 spiro atoms. The van der Waals surface area contributed by atoms with E-state index in [1.54, 1.807) is 12.2 Å². The molecule has 100 valence electrons. The number of rotatable bonds is 2. The van der Waals surface area contributed by atoms with Crippen LogP contribution >= 0.6 is 0 Å². The molecule has 0 aliphatic heterocycles. The minimum atomic E-state index is -0.703. The first kappa shape index (κ1) is 13.5. The largest absolute Gasteiger partial charge is 0.392 e. The van der Waals surface area contributed by atoms with Crippen LogP contribution in [0.5, 0.6) is 0 Å². The molecule has 2 aliphatic carbocycles. The van der Waals surface area contributed by atoms with Gasteiger partial charge in [-0.1, -0.05) is 5.57 Å². The highest BCUT2D eigenvalue weighted by atomic mass is 16.3. The summed E-state index contributed by atoms with van der Waals surface area (Å²) < 4.78 is 0. The Hall–Kier alpha value is -0.930. The van der Waals surface area contributed by atoms with E-state index < -0.39 is 5.60 Å². The van der Waals surface area contributed by atoms with E-state index in [4.69, 9.17) is 0 Å². The molecule has 0 aromatic carbocycles. The average Bonchev–Trinajstić information content (AvgIpc) is 2.69. The zero-order chi connectivity index (χ0) is 13.6. The lowest BCUT2D eigenvalue weighted by atomic mass is 9.68. The standard InChI is InChI=1S/C15H22O3/c1-10-6-13(17)7-12(9-16)15(10)5-4-11(8-15)14(2,3)18/h6-7,11,16,18H,4-5,8-9H2,1-3H3/t11-,15-/m1/s1. The van der Waals surface area contributed by atoms with Crippen LogP contribution in [-0.2, 0) is 4.79 Å². The molecule has 0 aromatic rings. The second-order valence-electron chi connectivity index (χ2n) is 6.23. The van der Waals surface area contributed by atoms with Crippen molar-refractivity contribution in [2.45, 2.75) is 45.6 Å². The molecule has 0 radical (unpaired) electrons. The number of carbonyl (C=O) groups excluding carboxylic acids is 1. The summed E-state index contributed by atoms with van der Waals surface area (Å²) in [5.74, 6) is 0.179. The molecular formula is C15H22O3.